The van der Waals surface area contributed by atoms with E-state index in [1.165, 1.54) is 0 Å². The zero-order valence-electron chi connectivity index (χ0n) is 11.6. The van der Waals surface area contributed by atoms with Crippen molar-refractivity contribution in [1.82, 2.24) is 10.2 Å². The summed E-state index contributed by atoms with van der Waals surface area (Å²) in [5, 5.41) is 2.97. The molecule has 4 heteroatoms. The number of amides is 1. The molecule has 1 unspecified atom stereocenters. The largest absolute Gasteiger partial charge is 0.353 e. The lowest BCUT2D eigenvalue weighted by molar-refractivity contribution is -0.126. The Morgan fingerprint density at radius 1 is 1.24 bits per heavy atom. The van der Waals surface area contributed by atoms with Crippen LogP contribution < -0.4 is 11.1 Å². The van der Waals surface area contributed by atoms with Gasteiger partial charge < -0.3 is 11.1 Å². The fourth-order valence-electron chi connectivity index (χ4n) is 2.42. The van der Waals surface area contributed by atoms with E-state index in [0.717, 1.165) is 25.7 Å². The Morgan fingerprint density at radius 3 is 2.24 bits per heavy atom. The van der Waals surface area contributed by atoms with Crippen LogP contribution >= 0.6 is 0 Å². The van der Waals surface area contributed by atoms with Crippen LogP contribution in [0.4, 0.5) is 0 Å². The number of likely N-dealkylation sites (N-methyl/N-ethyl adjacent to an activating group) is 1. The first-order valence-corrected chi connectivity index (χ1v) is 6.69. The molecule has 0 saturated heterocycles. The van der Waals surface area contributed by atoms with Gasteiger partial charge in [-0.2, -0.15) is 0 Å². The molecule has 17 heavy (non-hydrogen) atoms. The van der Waals surface area contributed by atoms with E-state index in [2.05, 4.69) is 10.2 Å². The number of nitrogens with two attached hydrogens (primary N) is 1. The predicted octanol–water partition coefficient (Wildman–Crippen LogP) is 1.10. The Bertz CT molecular complexity index is 247. The number of rotatable bonds is 4. The molecule has 0 heterocycles. The van der Waals surface area contributed by atoms with Gasteiger partial charge in [-0.1, -0.05) is 0 Å². The molecule has 0 aromatic carbocycles. The van der Waals surface area contributed by atoms with Crippen LogP contribution in [-0.4, -0.2) is 42.0 Å². The summed E-state index contributed by atoms with van der Waals surface area (Å²) in [5.74, 6) is 0.123. The van der Waals surface area contributed by atoms with Gasteiger partial charge in [-0.3, -0.25) is 9.69 Å². The molecule has 3 N–H and O–H groups in total. The van der Waals surface area contributed by atoms with Crippen molar-refractivity contribution in [1.29, 1.82) is 0 Å². The number of hydrogen-bond acceptors (Lipinski definition) is 3. The summed E-state index contributed by atoms with van der Waals surface area (Å²) in [4.78, 5) is 14.1. The maximum Gasteiger partial charge on any atom is 0.237 e. The van der Waals surface area contributed by atoms with Crippen molar-refractivity contribution in [3.8, 4) is 0 Å². The van der Waals surface area contributed by atoms with E-state index < -0.39 is 0 Å². The quantitative estimate of drug-likeness (QED) is 0.775. The van der Waals surface area contributed by atoms with Crippen LogP contribution in [-0.2, 0) is 4.79 Å². The van der Waals surface area contributed by atoms with Crippen LogP contribution in [0.25, 0.3) is 0 Å². The maximum absolute atomic E-state index is 11.9. The molecule has 1 saturated carbocycles. The Morgan fingerprint density at radius 2 is 1.76 bits per heavy atom. The van der Waals surface area contributed by atoms with E-state index in [1.54, 1.807) is 0 Å². The number of nitrogens with zero attached hydrogens (tertiary/aromatic N) is 1. The zero-order valence-corrected chi connectivity index (χ0v) is 11.6. The zero-order chi connectivity index (χ0) is 13.0. The highest BCUT2D eigenvalue weighted by Crippen LogP contribution is 2.22. The lowest BCUT2D eigenvalue weighted by atomic mass is 9.90. The van der Waals surface area contributed by atoms with Crippen LogP contribution in [0.5, 0.6) is 0 Å². The van der Waals surface area contributed by atoms with Crippen molar-refractivity contribution in [3.63, 3.8) is 0 Å². The summed E-state index contributed by atoms with van der Waals surface area (Å²) in [6.07, 6.45) is 4.37. The molecular formula is C13H27N3O. The van der Waals surface area contributed by atoms with Crippen LogP contribution in [0.1, 0.15) is 46.5 Å². The summed E-state index contributed by atoms with van der Waals surface area (Å²) < 4.78 is 0. The first-order chi connectivity index (χ1) is 7.91. The van der Waals surface area contributed by atoms with Gasteiger partial charge in [0, 0.05) is 18.1 Å². The smallest absolute Gasteiger partial charge is 0.237 e. The lowest BCUT2D eigenvalue weighted by Gasteiger charge is -2.36. The summed E-state index contributed by atoms with van der Waals surface area (Å²) >= 11 is 0. The van der Waals surface area contributed by atoms with Gasteiger partial charge in [0.1, 0.15) is 0 Å². The minimum Gasteiger partial charge on any atom is -0.353 e. The number of carbonyl (C=O) groups excluding carboxylic acids is 1. The van der Waals surface area contributed by atoms with Crippen LogP contribution in [0, 0.1) is 0 Å². The van der Waals surface area contributed by atoms with Crippen molar-refractivity contribution in [3.05, 3.63) is 0 Å². The minimum absolute atomic E-state index is 0.0586. The molecular weight excluding hydrogens is 214 g/mol. The molecule has 0 radical (unpaired) electrons. The number of hydrogen-bond donors (Lipinski definition) is 2. The summed E-state index contributed by atoms with van der Waals surface area (Å²) in [6, 6.07) is 1.01. The third-order valence-electron chi connectivity index (χ3n) is 3.74. The van der Waals surface area contributed by atoms with Crippen molar-refractivity contribution in [2.24, 2.45) is 5.73 Å². The van der Waals surface area contributed by atoms with Gasteiger partial charge in [-0.05, 0) is 53.5 Å². The van der Waals surface area contributed by atoms with Gasteiger partial charge in [0.2, 0.25) is 5.91 Å². The van der Waals surface area contributed by atoms with Crippen molar-refractivity contribution >= 4 is 5.91 Å². The molecule has 0 aliphatic heterocycles. The first-order valence-electron chi connectivity index (χ1n) is 6.69. The molecule has 0 spiro atoms. The third-order valence-corrected chi connectivity index (χ3v) is 3.74. The lowest BCUT2D eigenvalue weighted by Crippen LogP contribution is -2.50. The van der Waals surface area contributed by atoms with Gasteiger partial charge in [-0.25, -0.2) is 0 Å². The molecule has 1 fully saturated rings. The maximum atomic E-state index is 11.9. The summed E-state index contributed by atoms with van der Waals surface area (Å²) in [7, 11) is 2.05. The SMILES string of the molecule is CC(C)NC(=O)C(C)N(C)C1CCC(N)CC1. The average molecular weight is 241 g/mol. The van der Waals surface area contributed by atoms with Gasteiger partial charge in [-0.15, -0.1) is 0 Å². The van der Waals surface area contributed by atoms with E-state index in [-0.39, 0.29) is 18.0 Å². The van der Waals surface area contributed by atoms with Crippen molar-refractivity contribution in [2.45, 2.75) is 70.6 Å². The second kappa shape index (κ2) is 6.36. The third kappa shape index (κ3) is 4.28. The molecule has 1 atom stereocenters. The van der Waals surface area contributed by atoms with Gasteiger partial charge in [0.25, 0.3) is 0 Å². The molecule has 100 valence electrons. The highest BCUT2D eigenvalue weighted by atomic mass is 16.2. The van der Waals surface area contributed by atoms with Gasteiger partial charge >= 0.3 is 0 Å². The van der Waals surface area contributed by atoms with E-state index in [0.29, 0.717) is 12.1 Å². The standard InChI is InChI=1S/C13H27N3O/c1-9(2)15-13(17)10(3)16(4)12-7-5-11(14)6-8-12/h9-12H,5-8,14H2,1-4H3,(H,15,17). The second-order valence-electron chi connectivity index (χ2n) is 5.57. The summed E-state index contributed by atoms with van der Waals surface area (Å²) in [5.41, 5.74) is 5.90. The van der Waals surface area contributed by atoms with E-state index in [4.69, 9.17) is 5.73 Å². The molecule has 0 aromatic rings. The molecule has 1 aliphatic rings. The van der Waals surface area contributed by atoms with Crippen LogP contribution in [0.3, 0.4) is 0 Å². The Hall–Kier alpha value is -0.610. The number of carbonyl (C=O) groups is 1. The summed E-state index contributed by atoms with van der Waals surface area (Å²) in [6.45, 7) is 5.96. The Labute approximate surface area is 105 Å². The highest BCUT2D eigenvalue weighted by molar-refractivity contribution is 5.81. The number of nitrogens with one attached hydrogen (secondary N) is 1. The minimum atomic E-state index is -0.0586. The molecule has 1 aliphatic carbocycles. The molecule has 0 bridgehead atoms. The molecule has 1 amide bonds. The Balaban J connectivity index is 2.45. The van der Waals surface area contributed by atoms with E-state index in [9.17, 15) is 4.79 Å². The topological polar surface area (TPSA) is 58.4 Å². The monoisotopic (exact) mass is 241 g/mol. The predicted molar refractivity (Wildman–Crippen MR) is 70.7 cm³/mol. The van der Waals surface area contributed by atoms with E-state index in [1.807, 2.05) is 27.8 Å². The van der Waals surface area contributed by atoms with Crippen LogP contribution in [0.2, 0.25) is 0 Å². The Kier molecular flexibility index (Phi) is 5.40. The second-order valence-corrected chi connectivity index (χ2v) is 5.57. The molecule has 4 nitrogen and oxygen atoms in total. The first kappa shape index (κ1) is 14.5. The van der Waals surface area contributed by atoms with E-state index >= 15 is 0 Å². The van der Waals surface area contributed by atoms with Crippen molar-refractivity contribution in [2.75, 3.05) is 7.05 Å². The van der Waals surface area contributed by atoms with Crippen molar-refractivity contribution < 1.29 is 4.79 Å². The normalized spacial score (nSPS) is 27.2. The highest BCUT2D eigenvalue weighted by Gasteiger charge is 2.27. The van der Waals surface area contributed by atoms with Crippen LogP contribution in [0.15, 0.2) is 0 Å². The fraction of sp³-hybridized carbons (Fsp3) is 0.923. The molecule has 1 rings (SSSR count). The van der Waals surface area contributed by atoms with Gasteiger partial charge in [0.05, 0.1) is 6.04 Å². The fourth-order valence-corrected chi connectivity index (χ4v) is 2.42. The average Bonchev–Trinajstić information content (AvgIpc) is 2.27. The molecule has 0 aromatic heterocycles. The van der Waals surface area contributed by atoms with Gasteiger partial charge in [0.15, 0.2) is 0 Å².